The number of hydrazone groups is 1. The van der Waals surface area contributed by atoms with E-state index in [-0.39, 0.29) is 22.2 Å². The molecule has 0 bridgehead atoms. The predicted molar refractivity (Wildman–Crippen MR) is 75.2 cm³/mol. The van der Waals surface area contributed by atoms with E-state index in [0.29, 0.717) is 0 Å². The van der Waals surface area contributed by atoms with E-state index in [0.717, 1.165) is 5.56 Å². The lowest BCUT2D eigenvalue weighted by Gasteiger charge is -2.32. The monoisotopic (exact) mass is 314 g/mol. The first-order valence-corrected chi connectivity index (χ1v) is 6.84. The number of hydrogen-bond acceptors (Lipinski definition) is 3. The molecule has 1 atom stereocenters. The van der Waals surface area contributed by atoms with Crippen molar-refractivity contribution in [1.82, 2.24) is 5.01 Å². The van der Waals surface area contributed by atoms with Crippen molar-refractivity contribution in [2.24, 2.45) is 11.0 Å². The molecule has 7 heteroatoms. The molecule has 0 radical (unpaired) electrons. The fraction of sp³-hybridized carbons (Fsp3) is 0.467. The summed E-state index contributed by atoms with van der Waals surface area (Å²) in [5.41, 5.74) is -2.24. The van der Waals surface area contributed by atoms with Crippen LogP contribution in [0.2, 0.25) is 0 Å². The van der Waals surface area contributed by atoms with Crippen LogP contribution in [0.3, 0.4) is 0 Å². The summed E-state index contributed by atoms with van der Waals surface area (Å²) in [6.45, 7) is 5.12. The van der Waals surface area contributed by atoms with Gasteiger partial charge in [0.1, 0.15) is 0 Å². The molecule has 4 nitrogen and oxygen atoms in total. The Morgan fingerprint density at radius 1 is 1.32 bits per heavy atom. The number of aryl methyl sites for hydroxylation is 1. The third-order valence-electron chi connectivity index (χ3n) is 3.62. The lowest BCUT2D eigenvalue weighted by Crippen LogP contribution is -2.56. The van der Waals surface area contributed by atoms with E-state index in [9.17, 15) is 23.1 Å². The minimum absolute atomic E-state index is 0.0435. The minimum atomic E-state index is -4.99. The van der Waals surface area contributed by atoms with Crippen molar-refractivity contribution in [2.75, 3.05) is 0 Å². The maximum absolute atomic E-state index is 13.3. The molecule has 120 valence electrons. The fourth-order valence-electron chi connectivity index (χ4n) is 2.15. The van der Waals surface area contributed by atoms with Gasteiger partial charge in [0, 0.05) is 17.7 Å². The minimum Gasteiger partial charge on any atom is -0.362 e. The topological polar surface area (TPSA) is 52.9 Å². The van der Waals surface area contributed by atoms with Gasteiger partial charge in [0.2, 0.25) is 0 Å². The lowest BCUT2D eigenvalue weighted by molar-refractivity contribution is -0.297. The molecular weight excluding hydrogens is 297 g/mol. The number of halogens is 3. The van der Waals surface area contributed by atoms with Gasteiger partial charge in [-0.1, -0.05) is 31.5 Å². The van der Waals surface area contributed by atoms with Crippen LogP contribution in [0, 0.1) is 12.8 Å². The predicted octanol–water partition coefficient (Wildman–Crippen LogP) is 3.10. The largest absolute Gasteiger partial charge is 0.438 e. The molecule has 0 aromatic heterocycles. The van der Waals surface area contributed by atoms with E-state index in [1.165, 1.54) is 12.1 Å². The van der Waals surface area contributed by atoms with Gasteiger partial charge in [0.05, 0.1) is 0 Å². The second-order valence-electron chi connectivity index (χ2n) is 5.72. The summed E-state index contributed by atoms with van der Waals surface area (Å²) in [6.07, 6.45) is -5.72. The van der Waals surface area contributed by atoms with Gasteiger partial charge >= 0.3 is 6.18 Å². The molecule has 1 unspecified atom stereocenters. The van der Waals surface area contributed by atoms with E-state index < -0.39 is 24.2 Å². The summed E-state index contributed by atoms with van der Waals surface area (Å²) < 4.78 is 39.8. The molecule has 1 N–H and O–H groups in total. The van der Waals surface area contributed by atoms with Crippen LogP contribution in [0.25, 0.3) is 0 Å². The van der Waals surface area contributed by atoms with E-state index in [2.05, 4.69) is 5.10 Å². The normalized spacial score (nSPS) is 22.2. The highest BCUT2D eigenvalue weighted by molar-refractivity contribution is 5.98. The number of rotatable bonds is 2. The third-order valence-corrected chi connectivity index (χ3v) is 3.62. The highest BCUT2D eigenvalue weighted by Gasteiger charge is 2.63. The van der Waals surface area contributed by atoms with Crippen LogP contribution in [0.1, 0.15) is 36.2 Å². The number of aliphatic hydroxyl groups is 1. The number of amides is 1. The molecule has 0 aliphatic carbocycles. The number of alkyl halides is 3. The maximum atomic E-state index is 13.3. The standard InChI is InChI=1S/C15H17F3N2O2/c1-9(2)12-8-14(22,15(16,17)18)20(19-12)13(21)11-6-4-10(3)5-7-11/h4-7,9,22H,8H2,1-3H3. The highest BCUT2D eigenvalue weighted by Crippen LogP contribution is 2.41. The van der Waals surface area contributed by atoms with Gasteiger partial charge in [-0.25, -0.2) is 0 Å². The average Bonchev–Trinajstić information content (AvgIpc) is 2.78. The molecule has 1 aliphatic rings. The zero-order valence-corrected chi connectivity index (χ0v) is 12.5. The Balaban J connectivity index is 2.43. The Bertz CT molecular complexity index is 608. The molecule has 1 aromatic rings. The van der Waals surface area contributed by atoms with Crippen molar-refractivity contribution in [3.63, 3.8) is 0 Å². The van der Waals surface area contributed by atoms with Crippen LogP contribution < -0.4 is 0 Å². The smallest absolute Gasteiger partial charge is 0.362 e. The van der Waals surface area contributed by atoms with E-state index in [4.69, 9.17) is 0 Å². The molecule has 0 spiro atoms. The zero-order valence-electron chi connectivity index (χ0n) is 12.5. The van der Waals surface area contributed by atoms with Crippen LogP contribution in [0.15, 0.2) is 29.4 Å². The molecule has 1 aromatic carbocycles. The molecule has 2 rings (SSSR count). The zero-order chi connectivity index (χ0) is 16.7. The first kappa shape index (κ1) is 16.5. The van der Waals surface area contributed by atoms with Crippen molar-refractivity contribution in [3.8, 4) is 0 Å². The van der Waals surface area contributed by atoms with Crippen molar-refractivity contribution < 1.29 is 23.1 Å². The number of nitrogens with zero attached hydrogens (tertiary/aromatic N) is 2. The number of hydrogen-bond donors (Lipinski definition) is 1. The SMILES string of the molecule is Cc1ccc(C(=O)N2N=C(C(C)C)CC2(O)C(F)(F)F)cc1. The van der Waals surface area contributed by atoms with E-state index in [1.54, 1.807) is 32.9 Å². The summed E-state index contributed by atoms with van der Waals surface area (Å²) in [5.74, 6) is -1.28. The van der Waals surface area contributed by atoms with Gasteiger partial charge in [0.25, 0.3) is 11.6 Å². The summed E-state index contributed by atoms with van der Waals surface area (Å²) in [7, 11) is 0. The van der Waals surface area contributed by atoms with Crippen molar-refractivity contribution in [1.29, 1.82) is 0 Å². The van der Waals surface area contributed by atoms with Gasteiger partial charge < -0.3 is 5.11 Å². The molecule has 0 saturated carbocycles. The Labute approximate surface area is 126 Å². The second-order valence-corrected chi connectivity index (χ2v) is 5.72. The quantitative estimate of drug-likeness (QED) is 0.912. The summed E-state index contributed by atoms with van der Waals surface area (Å²) in [4.78, 5) is 12.3. The van der Waals surface area contributed by atoms with Crippen LogP contribution in [-0.2, 0) is 0 Å². The first-order valence-electron chi connectivity index (χ1n) is 6.84. The summed E-state index contributed by atoms with van der Waals surface area (Å²) in [6, 6.07) is 6.06. The van der Waals surface area contributed by atoms with E-state index in [1.807, 2.05) is 0 Å². The summed E-state index contributed by atoms with van der Waals surface area (Å²) >= 11 is 0. The Hall–Kier alpha value is -1.89. The summed E-state index contributed by atoms with van der Waals surface area (Å²) in [5, 5.41) is 14.0. The molecule has 22 heavy (non-hydrogen) atoms. The molecule has 1 aliphatic heterocycles. The van der Waals surface area contributed by atoms with Crippen LogP contribution >= 0.6 is 0 Å². The highest BCUT2D eigenvalue weighted by atomic mass is 19.4. The Kier molecular flexibility index (Phi) is 4.04. The maximum Gasteiger partial charge on any atom is 0.438 e. The van der Waals surface area contributed by atoms with Gasteiger partial charge in [-0.15, -0.1) is 0 Å². The van der Waals surface area contributed by atoms with Gasteiger partial charge in [-0.2, -0.15) is 23.3 Å². The van der Waals surface area contributed by atoms with Crippen LogP contribution in [-0.4, -0.2) is 33.6 Å². The fourth-order valence-corrected chi connectivity index (χ4v) is 2.15. The van der Waals surface area contributed by atoms with Gasteiger partial charge in [0.15, 0.2) is 0 Å². The van der Waals surface area contributed by atoms with E-state index >= 15 is 0 Å². The Morgan fingerprint density at radius 2 is 1.86 bits per heavy atom. The van der Waals surface area contributed by atoms with Crippen molar-refractivity contribution >= 4 is 11.6 Å². The van der Waals surface area contributed by atoms with Gasteiger partial charge in [-0.05, 0) is 25.0 Å². The molecule has 0 fully saturated rings. The average molecular weight is 314 g/mol. The second kappa shape index (κ2) is 5.39. The number of benzene rings is 1. The van der Waals surface area contributed by atoms with Gasteiger partial charge in [-0.3, -0.25) is 4.79 Å². The van der Waals surface area contributed by atoms with Crippen molar-refractivity contribution in [2.45, 2.75) is 39.1 Å². The van der Waals surface area contributed by atoms with Crippen LogP contribution in [0.4, 0.5) is 13.2 Å². The Morgan fingerprint density at radius 3 is 2.32 bits per heavy atom. The third kappa shape index (κ3) is 2.72. The molecule has 1 heterocycles. The number of carbonyl (C=O) groups is 1. The molecular formula is C15H17F3N2O2. The number of carbonyl (C=O) groups excluding carboxylic acids is 1. The first-order chi connectivity index (χ1) is 10.1. The van der Waals surface area contributed by atoms with Crippen LogP contribution in [0.5, 0.6) is 0 Å². The van der Waals surface area contributed by atoms with Crippen molar-refractivity contribution in [3.05, 3.63) is 35.4 Å². The lowest BCUT2D eigenvalue weighted by atomic mass is 9.98. The molecule has 1 amide bonds. The molecule has 0 saturated heterocycles.